The highest BCUT2D eigenvalue weighted by molar-refractivity contribution is 5.98. The molecule has 0 saturated heterocycles. The zero-order valence-corrected chi connectivity index (χ0v) is 19.7. The number of primary amides is 1. The molecule has 1 aliphatic carbocycles. The van der Waals surface area contributed by atoms with Crippen molar-refractivity contribution in [2.75, 3.05) is 24.9 Å². The third-order valence-corrected chi connectivity index (χ3v) is 6.10. The molecule has 35 heavy (non-hydrogen) atoms. The second-order valence-electron chi connectivity index (χ2n) is 8.44. The monoisotopic (exact) mass is 480 g/mol. The second-order valence-corrected chi connectivity index (χ2v) is 8.44. The van der Waals surface area contributed by atoms with Crippen LogP contribution in [0.25, 0.3) is 11.1 Å². The van der Waals surface area contributed by atoms with Gasteiger partial charge in [0.2, 0.25) is 0 Å². The number of hydrogen-bond donors (Lipinski definition) is 4. The Labute approximate surface area is 203 Å². The third kappa shape index (κ3) is 5.43. The number of nitrogens with zero attached hydrogens (tertiary/aromatic N) is 2. The fourth-order valence-electron chi connectivity index (χ4n) is 4.21. The Balaban J connectivity index is 1.64. The van der Waals surface area contributed by atoms with Crippen LogP contribution in [0.1, 0.15) is 36.0 Å². The van der Waals surface area contributed by atoms with Gasteiger partial charge in [0.05, 0.1) is 31.7 Å². The van der Waals surface area contributed by atoms with Gasteiger partial charge in [-0.25, -0.2) is 9.37 Å². The molecule has 184 valence electrons. The summed E-state index contributed by atoms with van der Waals surface area (Å²) < 4.78 is 25.5. The van der Waals surface area contributed by atoms with Crippen LogP contribution >= 0.6 is 0 Å². The number of nitrogens with two attached hydrogens (primary N) is 2. The summed E-state index contributed by atoms with van der Waals surface area (Å²) in [6, 6.07) is 8.22. The van der Waals surface area contributed by atoms with Gasteiger partial charge in [-0.05, 0) is 42.7 Å². The Morgan fingerprint density at radius 2 is 1.80 bits per heavy atom. The molecule has 1 aliphatic rings. The predicted octanol–water partition coefficient (Wildman–Crippen LogP) is 3.82. The highest BCUT2D eigenvalue weighted by atomic mass is 19.1. The topological polar surface area (TPSA) is 137 Å². The summed E-state index contributed by atoms with van der Waals surface area (Å²) in [4.78, 5) is 20.7. The number of anilines is 3. The fraction of sp³-hybridized carbons (Fsp3) is 0.320. The van der Waals surface area contributed by atoms with Crippen LogP contribution < -0.4 is 31.6 Å². The SMILES string of the molecule is COc1ccc(-c2cncc(Nc3nc(NC4CCCC[C@@H]4N)c(F)cc3C(N)=O)c2)cc1OC. The molecule has 4 rings (SSSR count). The van der Waals surface area contributed by atoms with Crippen molar-refractivity contribution in [3.63, 3.8) is 0 Å². The van der Waals surface area contributed by atoms with Crippen molar-refractivity contribution in [3.05, 3.63) is 54.1 Å². The predicted molar refractivity (Wildman–Crippen MR) is 133 cm³/mol. The van der Waals surface area contributed by atoms with E-state index in [1.807, 2.05) is 18.2 Å². The number of amides is 1. The minimum atomic E-state index is -0.802. The molecule has 1 aromatic carbocycles. The first-order chi connectivity index (χ1) is 16.9. The van der Waals surface area contributed by atoms with Gasteiger partial charge >= 0.3 is 0 Å². The van der Waals surface area contributed by atoms with E-state index in [0.29, 0.717) is 17.2 Å². The third-order valence-electron chi connectivity index (χ3n) is 6.10. The van der Waals surface area contributed by atoms with Gasteiger partial charge in [0, 0.05) is 23.8 Å². The zero-order chi connectivity index (χ0) is 24.9. The maximum atomic E-state index is 14.8. The van der Waals surface area contributed by atoms with Gasteiger partial charge in [0.15, 0.2) is 23.1 Å². The number of methoxy groups -OCH3 is 2. The molecule has 2 heterocycles. The van der Waals surface area contributed by atoms with Gasteiger partial charge in [-0.2, -0.15) is 0 Å². The summed E-state index contributed by atoms with van der Waals surface area (Å²) in [5, 5.41) is 6.17. The van der Waals surface area contributed by atoms with Crippen molar-refractivity contribution >= 4 is 23.2 Å². The summed E-state index contributed by atoms with van der Waals surface area (Å²) in [5.74, 6) is -0.141. The number of aromatic nitrogens is 2. The molecule has 1 unspecified atom stereocenters. The van der Waals surface area contributed by atoms with E-state index >= 15 is 0 Å². The van der Waals surface area contributed by atoms with Gasteiger partial charge in [0.25, 0.3) is 5.91 Å². The summed E-state index contributed by atoms with van der Waals surface area (Å²) in [6.07, 6.45) is 7.00. The highest BCUT2D eigenvalue weighted by Gasteiger charge is 2.24. The average Bonchev–Trinajstić information content (AvgIpc) is 2.86. The molecule has 2 atom stereocenters. The Morgan fingerprint density at radius 1 is 1.03 bits per heavy atom. The van der Waals surface area contributed by atoms with E-state index in [-0.39, 0.29) is 29.3 Å². The smallest absolute Gasteiger partial charge is 0.252 e. The highest BCUT2D eigenvalue weighted by Crippen LogP contribution is 2.33. The first kappa shape index (κ1) is 24.2. The average molecular weight is 481 g/mol. The van der Waals surface area contributed by atoms with Gasteiger partial charge in [0.1, 0.15) is 5.82 Å². The van der Waals surface area contributed by atoms with Gasteiger partial charge in [-0.1, -0.05) is 18.9 Å². The minimum Gasteiger partial charge on any atom is -0.493 e. The van der Waals surface area contributed by atoms with E-state index in [0.717, 1.165) is 42.9 Å². The first-order valence-electron chi connectivity index (χ1n) is 11.4. The molecule has 3 aromatic rings. The quantitative estimate of drug-likeness (QED) is 0.382. The maximum Gasteiger partial charge on any atom is 0.252 e. The molecule has 6 N–H and O–H groups in total. The van der Waals surface area contributed by atoms with Crippen LogP contribution in [0.2, 0.25) is 0 Å². The van der Waals surface area contributed by atoms with Crippen molar-refractivity contribution < 1.29 is 18.7 Å². The number of rotatable bonds is 8. The zero-order valence-electron chi connectivity index (χ0n) is 19.7. The molecule has 1 amide bonds. The number of carbonyl (C=O) groups is 1. The lowest BCUT2D eigenvalue weighted by atomic mass is 9.91. The number of hydrogen-bond acceptors (Lipinski definition) is 8. The summed E-state index contributed by atoms with van der Waals surface area (Å²) >= 11 is 0. The van der Waals surface area contributed by atoms with Crippen molar-refractivity contribution in [3.8, 4) is 22.6 Å². The van der Waals surface area contributed by atoms with Crippen molar-refractivity contribution in [2.24, 2.45) is 11.5 Å². The number of carbonyl (C=O) groups excluding carboxylic acids is 1. The van der Waals surface area contributed by atoms with E-state index in [1.54, 1.807) is 32.7 Å². The molecule has 0 spiro atoms. The van der Waals surface area contributed by atoms with Crippen LogP contribution in [0.3, 0.4) is 0 Å². The van der Waals surface area contributed by atoms with E-state index in [9.17, 15) is 9.18 Å². The normalized spacial score (nSPS) is 17.5. The lowest BCUT2D eigenvalue weighted by Gasteiger charge is -2.30. The van der Waals surface area contributed by atoms with Crippen molar-refractivity contribution in [2.45, 2.75) is 37.8 Å². The molecule has 0 bridgehead atoms. The Bertz CT molecular complexity index is 1220. The second kappa shape index (κ2) is 10.6. The first-order valence-corrected chi connectivity index (χ1v) is 11.4. The van der Waals surface area contributed by atoms with Gasteiger partial charge in [-0.3, -0.25) is 9.78 Å². The Kier molecular flexibility index (Phi) is 7.31. The number of ether oxygens (including phenoxy) is 2. The summed E-state index contributed by atoms with van der Waals surface area (Å²) in [5.41, 5.74) is 13.8. The van der Waals surface area contributed by atoms with Crippen LogP contribution in [0, 0.1) is 5.82 Å². The molecule has 9 nitrogen and oxygen atoms in total. The molecule has 1 saturated carbocycles. The Hall–Kier alpha value is -3.92. The maximum absolute atomic E-state index is 14.8. The number of nitrogens with one attached hydrogen (secondary N) is 2. The molecular formula is C25H29FN6O3. The van der Waals surface area contributed by atoms with Crippen LogP contribution in [0.5, 0.6) is 11.5 Å². The lowest BCUT2D eigenvalue weighted by Crippen LogP contribution is -2.43. The summed E-state index contributed by atoms with van der Waals surface area (Å²) in [6.45, 7) is 0. The van der Waals surface area contributed by atoms with Crippen LogP contribution in [-0.4, -0.2) is 42.2 Å². The van der Waals surface area contributed by atoms with Crippen LogP contribution in [0.15, 0.2) is 42.7 Å². The fourth-order valence-corrected chi connectivity index (χ4v) is 4.21. The summed E-state index contributed by atoms with van der Waals surface area (Å²) in [7, 11) is 3.13. The van der Waals surface area contributed by atoms with Crippen molar-refractivity contribution in [1.82, 2.24) is 9.97 Å². The van der Waals surface area contributed by atoms with E-state index in [2.05, 4.69) is 20.6 Å². The van der Waals surface area contributed by atoms with Gasteiger partial charge in [-0.15, -0.1) is 0 Å². The van der Waals surface area contributed by atoms with Crippen LogP contribution in [0.4, 0.5) is 21.7 Å². The molecule has 10 heteroatoms. The molecular weight excluding hydrogens is 451 g/mol. The minimum absolute atomic E-state index is 0.0175. The number of pyridine rings is 2. The Morgan fingerprint density at radius 3 is 2.51 bits per heavy atom. The van der Waals surface area contributed by atoms with E-state index in [4.69, 9.17) is 20.9 Å². The van der Waals surface area contributed by atoms with Gasteiger partial charge < -0.3 is 31.6 Å². The van der Waals surface area contributed by atoms with E-state index < -0.39 is 11.7 Å². The lowest BCUT2D eigenvalue weighted by molar-refractivity contribution is 0.100. The van der Waals surface area contributed by atoms with Crippen LogP contribution in [-0.2, 0) is 0 Å². The largest absolute Gasteiger partial charge is 0.493 e. The molecule has 1 fully saturated rings. The molecule has 2 aromatic heterocycles. The standard InChI is InChI=1S/C25H29FN6O3/c1-34-21-8-7-14(10-22(21)35-2)15-9-16(13-29-12-15)30-24-17(23(28)33)11-18(26)25(32-24)31-20-6-4-3-5-19(20)27/h7-13,19-20H,3-6,27H2,1-2H3,(H2,28,33)(H2,30,31,32)/t19-,20?/m0/s1. The number of benzene rings is 1. The van der Waals surface area contributed by atoms with Crippen molar-refractivity contribution in [1.29, 1.82) is 0 Å². The van der Waals surface area contributed by atoms with E-state index in [1.165, 1.54) is 0 Å². The number of halogens is 1. The molecule has 0 aliphatic heterocycles. The molecule has 0 radical (unpaired) electrons.